The third kappa shape index (κ3) is 1.96. The molecule has 0 fully saturated rings. The number of fused-ring (bicyclic) bond motifs is 1. The van der Waals surface area contributed by atoms with E-state index in [0.717, 1.165) is 4.70 Å². The van der Waals surface area contributed by atoms with Crippen LogP contribution in [0.2, 0.25) is 0 Å². The number of thiophene rings is 1. The maximum absolute atomic E-state index is 13.0. The topological polar surface area (TPSA) is 17.1 Å². The van der Waals surface area contributed by atoms with Gasteiger partial charge >= 0.3 is 0 Å². The van der Waals surface area contributed by atoms with Gasteiger partial charge in [-0.3, -0.25) is 4.79 Å². The lowest BCUT2D eigenvalue weighted by atomic mass is 10.1. The molecule has 0 N–H and O–H groups in total. The van der Waals surface area contributed by atoms with Crippen molar-refractivity contribution in [3.8, 4) is 0 Å². The highest BCUT2D eigenvalue weighted by molar-refractivity contribution is 9.10. The van der Waals surface area contributed by atoms with Crippen molar-refractivity contribution in [1.29, 1.82) is 0 Å². The Kier molecular flexibility index (Phi) is 2.89. The minimum absolute atomic E-state index is 0.00755. The fourth-order valence-corrected chi connectivity index (χ4v) is 2.58. The van der Waals surface area contributed by atoms with Crippen molar-refractivity contribution in [3.63, 3.8) is 0 Å². The molecule has 15 heavy (non-hydrogen) atoms. The van der Waals surface area contributed by atoms with Gasteiger partial charge in [0.25, 0.3) is 0 Å². The van der Waals surface area contributed by atoms with Crippen LogP contribution in [0, 0.1) is 5.82 Å². The van der Waals surface area contributed by atoms with Crippen LogP contribution in [0.3, 0.4) is 0 Å². The summed E-state index contributed by atoms with van der Waals surface area (Å²) in [5.41, 5.74) is 0.596. The summed E-state index contributed by atoms with van der Waals surface area (Å²) in [6.07, 6.45) is 0. The molecule has 1 aromatic heterocycles. The number of hydrogen-bond acceptors (Lipinski definition) is 2. The summed E-state index contributed by atoms with van der Waals surface area (Å²) in [5.74, 6) is -0.316. The molecule has 1 atom stereocenters. The number of carbonyl (C=O) groups excluding carboxylic acids is 1. The molecule has 0 aliphatic carbocycles. The van der Waals surface area contributed by atoms with E-state index in [-0.39, 0.29) is 16.4 Å². The first-order valence-electron chi connectivity index (χ1n) is 4.44. The molecular formula is C11H8BrFOS. The zero-order valence-corrected chi connectivity index (χ0v) is 10.4. The lowest BCUT2D eigenvalue weighted by Gasteiger charge is -2.00. The lowest BCUT2D eigenvalue weighted by Crippen LogP contribution is -2.08. The van der Waals surface area contributed by atoms with Crippen LogP contribution in [0.4, 0.5) is 4.39 Å². The van der Waals surface area contributed by atoms with Crippen molar-refractivity contribution in [2.75, 3.05) is 0 Å². The fraction of sp³-hybridized carbons (Fsp3) is 0.182. The first-order chi connectivity index (χ1) is 7.09. The number of alkyl halides is 1. The molecule has 78 valence electrons. The van der Waals surface area contributed by atoms with Crippen molar-refractivity contribution in [2.45, 2.75) is 11.8 Å². The van der Waals surface area contributed by atoms with Gasteiger partial charge in [-0.2, -0.15) is 0 Å². The van der Waals surface area contributed by atoms with E-state index in [9.17, 15) is 9.18 Å². The smallest absolute Gasteiger partial charge is 0.177 e. The second-order valence-electron chi connectivity index (χ2n) is 3.27. The van der Waals surface area contributed by atoms with Crippen molar-refractivity contribution < 1.29 is 9.18 Å². The van der Waals surface area contributed by atoms with E-state index in [1.54, 1.807) is 18.4 Å². The highest BCUT2D eigenvalue weighted by Gasteiger charge is 2.16. The highest BCUT2D eigenvalue weighted by Crippen LogP contribution is 2.28. The molecule has 0 amide bonds. The lowest BCUT2D eigenvalue weighted by molar-refractivity contribution is 0.0998. The molecule has 2 aromatic rings. The third-order valence-electron chi connectivity index (χ3n) is 2.16. The molecule has 1 heterocycles. The Hall–Kier alpha value is -0.740. The predicted molar refractivity (Wildman–Crippen MR) is 64.5 cm³/mol. The average molecular weight is 287 g/mol. The quantitative estimate of drug-likeness (QED) is 0.602. The van der Waals surface area contributed by atoms with Gasteiger partial charge in [0, 0.05) is 21.0 Å². The zero-order chi connectivity index (χ0) is 11.0. The van der Waals surface area contributed by atoms with Crippen molar-refractivity contribution in [2.24, 2.45) is 0 Å². The predicted octanol–water partition coefficient (Wildman–Crippen LogP) is 4.01. The van der Waals surface area contributed by atoms with E-state index in [1.807, 2.05) is 0 Å². The van der Waals surface area contributed by atoms with Crippen LogP contribution in [0.5, 0.6) is 0 Å². The molecule has 1 nitrogen and oxygen atoms in total. The molecule has 0 bridgehead atoms. The Balaban J connectivity index is 2.62. The van der Waals surface area contributed by atoms with Gasteiger partial charge in [0.15, 0.2) is 5.78 Å². The van der Waals surface area contributed by atoms with Crippen molar-refractivity contribution in [1.82, 2.24) is 0 Å². The van der Waals surface area contributed by atoms with Crippen LogP contribution in [-0.4, -0.2) is 10.6 Å². The van der Waals surface area contributed by atoms with Crippen molar-refractivity contribution >= 4 is 43.1 Å². The van der Waals surface area contributed by atoms with Crippen LogP contribution >= 0.6 is 27.3 Å². The van der Waals surface area contributed by atoms with Crippen LogP contribution in [0.15, 0.2) is 23.6 Å². The second-order valence-corrected chi connectivity index (χ2v) is 5.55. The maximum atomic E-state index is 13.0. The summed E-state index contributed by atoms with van der Waals surface area (Å²) >= 11 is 4.69. The largest absolute Gasteiger partial charge is 0.293 e. The summed E-state index contributed by atoms with van der Waals surface area (Å²) in [6, 6.07) is 4.52. The third-order valence-corrected chi connectivity index (χ3v) is 3.54. The monoisotopic (exact) mass is 286 g/mol. The van der Waals surface area contributed by atoms with Gasteiger partial charge < -0.3 is 0 Å². The van der Waals surface area contributed by atoms with E-state index in [1.165, 1.54) is 23.5 Å². The minimum Gasteiger partial charge on any atom is -0.293 e. The van der Waals surface area contributed by atoms with E-state index in [4.69, 9.17) is 0 Å². The second kappa shape index (κ2) is 4.02. The summed E-state index contributed by atoms with van der Waals surface area (Å²) in [6.45, 7) is 1.77. The van der Waals surface area contributed by atoms with Crippen LogP contribution in [-0.2, 0) is 0 Å². The summed E-state index contributed by atoms with van der Waals surface area (Å²) < 4.78 is 14.0. The first-order valence-corrected chi connectivity index (χ1v) is 6.24. The Morgan fingerprint density at radius 3 is 2.93 bits per heavy atom. The normalized spacial score (nSPS) is 13.0. The molecule has 0 aliphatic heterocycles. The molecule has 0 saturated carbocycles. The number of rotatable bonds is 2. The van der Waals surface area contributed by atoms with Gasteiger partial charge in [0.2, 0.25) is 0 Å². The van der Waals surface area contributed by atoms with E-state index in [0.29, 0.717) is 10.9 Å². The maximum Gasteiger partial charge on any atom is 0.177 e. The number of halogens is 2. The summed E-state index contributed by atoms with van der Waals surface area (Å²) in [4.78, 5) is 11.5. The summed E-state index contributed by atoms with van der Waals surface area (Å²) in [5, 5.41) is 2.49. The fourth-order valence-electron chi connectivity index (χ4n) is 1.41. The van der Waals surface area contributed by atoms with Gasteiger partial charge in [0.05, 0.1) is 4.83 Å². The molecule has 4 heteroatoms. The van der Waals surface area contributed by atoms with Gasteiger partial charge in [-0.25, -0.2) is 4.39 Å². The number of Topliss-reactive ketones (excluding diaryl/α,β-unsaturated/α-hetero) is 1. The molecule has 1 aromatic carbocycles. The van der Waals surface area contributed by atoms with Crippen LogP contribution < -0.4 is 0 Å². The van der Waals surface area contributed by atoms with Crippen LogP contribution in [0.1, 0.15) is 17.3 Å². The van der Waals surface area contributed by atoms with E-state index in [2.05, 4.69) is 15.9 Å². The minimum atomic E-state index is -0.308. The Morgan fingerprint density at radius 2 is 2.27 bits per heavy atom. The number of carbonyl (C=O) groups is 1. The standard InChI is InChI=1S/C11H8BrFOS/c1-6(12)11(14)9-5-15-10-3-2-7(13)4-8(9)10/h2-6H,1H3. The number of hydrogen-bond donors (Lipinski definition) is 0. The Bertz CT molecular complexity index is 518. The highest BCUT2D eigenvalue weighted by atomic mass is 79.9. The summed E-state index contributed by atoms with van der Waals surface area (Å²) in [7, 11) is 0. The molecular weight excluding hydrogens is 279 g/mol. The van der Waals surface area contributed by atoms with E-state index < -0.39 is 0 Å². The SMILES string of the molecule is CC(Br)C(=O)c1csc2ccc(F)cc12. The average Bonchev–Trinajstić information content (AvgIpc) is 2.59. The Morgan fingerprint density at radius 1 is 1.53 bits per heavy atom. The molecule has 1 unspecified atom stereocenters. The first kappa shape index (κ1) is 10.8. The molecule has 0 radical (unpaired) electrons. The zero-order valence-electron chi connectivity index (χ0n) is 7.96. The number of benzene rings is 1. The van der Waals surface area contributed by atoms with Gasteiger partial charge in [-0.1, -0.05) is 15.9 Å². The Labute approximate surface area is 99.0 Å². The molecule has 0 saturated heterocycles. The number of ketones is 1. The van der Waals surface area contributed by atoms with E-state index >= 15 is 0 Å². The van der Waals surface area contributed by atoms with Crippen LogP contribution in [0.25, 0.3) is 10.1 Å². The molecule has 2 rings (SSSR count). The van der Waals surface area contributed by atoms with Gasteiger partial charge in [-0.15, -0.1) is 11.3 Å². The van der Waals surface area contributed by atoms with Gasteiger partial charge in [-0.05, 0) is 25.1 Å². The van der Waals surface area contributed by atoms with Crippen molar-refractivity contribution in [3.05, 3.63) is 35.0 Å². The molecule has 0 aliphatic rings. The van der Waals surface area contributed by atoms with Gasteiger partial charge in [0.1, 0.15) is 5.82 Å². The molecule has 0 spiro atoms.